The minimum atomic E-state index is -0.143. The van der Waals surface area contributed by atoms with Crippen molar-refractivity contribution in [3.05, 3.63) is 44.7 Å². The van der Waals surface area contributed by atoms with Gasteiger partial charge >= 0.3 is 0 Å². The first-order valence-electron chi connectivity index (χ1n) is 9.10. The van der Waals surface area contributed by atoms with E-state index in [1.165, 1.54) is 0 Å². The van der Waals surface area contributed by atoms with Crippen LogP contribution in [0.25, 0.3) is 11.0 Å². The molecular formula is C19H23N5O3. The monoisotopic (exact) mass is 369 g/mol. The highest BCUT2D eigenvalue weighted by molar-refractivity contribution is 5.83. The Morgan fingerprint density at radius 2 is 2.07 bits per heavy atom. The first kappa shape index (κ1) is 17.5. The number of aromatic nitrogens is 4. The summed E-state index contributed by atoms with van der Waals surface area (Å²) in [6.07, 6.45) is 2.37. The summed E-state index contributed by atoms with van der Waals surface area (Å²) >= 11 is 0. The minimum absolute atomic E-state index is 0.0641. The molecule has 1 saturated heterocycles. The lowest BCUT2D eigenvalue weighted by Crippen LogP contribution is -2.48. The van der Waals surface area contributed by atoms with Gasteiger partial charge < -0.3 is 14.4 Å². The van der Waals surface area contributed by atoms with E-state index in [2.05, 4.69) is 15.2 Å². The van der Waals surface area contributed by atoms with E-state index in [0.29, 0.717) is 31.5 Å². The molecule has 4 rings (SSSR count). The fourth-order valence-electron chi connectivity index (χ4n) is 3.99. The Kier molecular flexibility index (Phi) is 4.13. The number of rotatable bonds is 4. The molecule has 27 heavy (non-hydrogen) atoms. The Labute approximate surface area is 156 Å². The second kappa shape index (κ2) is 6.37. The Morgan fingerprint density at radius 1 is 1.33 bits per heavy atom. The number of nitrogens with zero attached hydrogens (tertiary/aromatic N) is 4. The normalized spacial score (nSPS) is 14.7. The lowest BCUT2D eigenvalue weighted by molar-refractivity contribution is -0.135. The Hall–Kier alpha value is -2.90. The fourth-order valence-corrected chi connectivity index (χ4v) is 3.99. The molecule has 3 aromatic rings. The van der Waals surface area contributed by atoms with Gasteiger partial charge in [-0.15, -0.1) is 0 Å². The van der Waals surface area contributed by atoms with Crippen molar-refractivity contribution >= 4 is 16.9 Å². The number of pyridine rings is 1. The topological polar surface area (TPSA) is 97.0 Å². The number of likely N-dealkylation sites (tertiary alicyclic amines) is 1. The van der Waals surface area contributed by atoms with E-state index < -0.39 is 0 Å². The average Bonchev–Trinajstić information content (AvgIpc) is 3.09. The molecule has 8 heteroatoms. The molecule has 0 unspecified atom stereocenters. The van der Waals surface area contributed by atoms with E-state index in [9.17, 15) is 9.59 Å². The molecule has 4 heterocycles. The van der Waals surface area contributed by atoms with Crippen LogP contribution >= 0.6 is 0 Å². The van der Waals surface area contributed by atoms with Gasteiger partial charge in [-0.1, -0.05) is 5.16 Å². The van der Waals surface area contributed by atoms with Gasteiger partial charge in [-0.05, 0) is 32.8 Å². The molecule has 0 atom stereocenters. The molecular weight excluding hydrogens is 346 g/mol. The third-order valence-electron chi connectivity index (χ3n) is 5.55. The highest BCUT2D eigenvalue weighted by atomic mass is 16.5. The molecule has 1 aliphatic rings. The number of carbonyl (C=O) groups excluding carboxylic acids is 1. The van der Waals surface area contributed by atoms with Crippen LogP contribution in [0.2, 0.25) is 0 Å². The molecule has 0 aliphatic carbocycles. The van der Waals surface area contributed by atoms with Gasteiger partial charge in [0.2, 0.25) is 5.91 Å². The van der Waals surface area contributed by atoms with E-state index >= 15 is 0 Å². The number of hydrogen-bond acceptors (Lipinski definition) is 5. The van der Waals surface area contributed by atoms with Gasteiger partial charge in [0, 0.05) is 49.0 Å². The van der Waals surface area contributed by atoms with Crippen molar-refractivity contribution in [3.63, 3.8) is 0 Å². The molecule has 142 valence electrons. The number of aryl methyl sites for hydroxylation is 4. The largest absolute Gasteiger partial charge is 0.364 e. The Morgan fingerprint density at radius 3 is 2.74 bits per heavy atom. The van der Waals surface area contributed by atoms with E-state index in [1.807, 2.05) is 32.7 Å². The third-order valence-corrected chi connectivity index (χ3v) is 5.55. The Balaban J connectivity index is 1.45. The maximum absolute atomic E-state index is 12.5. The zero-order chi connectivity index (χ0) is 19.3. The number of carbonyl (C=O) groups is 1. The van der Waals surface area contributed by atoms with E-state index in [1.54, 1.807) is 10.9 Å². The smallest absolute Gasteiger partial charge is 0.253 e. The lowest BCUT2D eigenvalue weighted by Gasteiger charge is -2.38. The summed E-state index contributed by atoms with van der Waals surface area (Å²) in [6.45, 7) is 7.13. The van der Waals surface area contributed by atoms with Crippen molar-refractivity contribution in [1.29, 1.82) is 0 Å². The molecule has 0 spiro atoms. The van der Waals surface area contributed by atoms with Gasteiger partial charge in [0.25, 0.3) is 5.56 Å². The molecule has 0 bridgehead atoms. The first-order valence-corrected chi connectivity index (χ1v) is 9.10. The molecule has 1 amide bonds. The lowest BCUT2D eigenvalue weighted by atomic mass is 9.93. The zero-order valence-corrected chi connectivity index (χ0v) is 16.0. The standard InChI is InChI=1S/C19H23N5O3/c1-10-9-27-22-17(10)13-7-24(8-13)15(25)6-5-14-11(2)16-12(3)21-23(4)18(16)20-19(14)26/h9,13H,5-8H2,1-4H3,(H,20,26). The van der Waals surface area contributed by atoms with Crippen molar-refractivity contribution in [3.8, 4) is 0 Å². The van der Waals surface area contributed by atoms with E-state index in [0.717, 1.165) is 33.5 Å². The molecule has 3 aromatic heterocycles. The molecule has 1 fully saturated rings. The molecule has 1 aliphatic heterocycles. The van der Waals surface area contributed by atoms with Crippen molar-refractivity contribution in [1.82, 2.24) is 24.8 Å². The van der Waals surface area contributed by atoms with Gasteiger partial charge in [0.15, 0.2) is 0 Å². The minimum Gasteiger partial charge on any atom is -0.364 e. The van der Waals surface area contributed by atoms with E-state index in [-0.39, 0.29) is 17.4 Å². The van der Waals surface area contributed by atoms with Gasteiger partial charge in [0.1, 0.15) is 11.9 Å². The number of fused-ring (bicyclic) bond motifs is 1. The maximum atomic E-state index is 12.5. The van der Waals surface area contributed by atoms with E-state index in [4.69, 9.17) is 4.52 Å². The number of aromatic amines is 1. The molecule has 8 nitrogen and oxygen atoms in total. The second-order valence-electron chi connectivity index (χ2n) is 7.37. The summed E-state index contributed by atoms with van der Waals surface area (Å²) in [6, 6.07) is 0. The zero-order valence-electron chi connectivity index (χ0n) is 16.0. The van der Waals surface area contributed by atoms with Crippen molar-refractivity contribution in [2.75, 3.05) is 13.1 Å². The first-order chi connectivity index (χ1) is 12.9. The predicted octanol–water partition coefficient (Wildman–Crippen LogP) is 1.73. The third kappa shape index (κ3) is 2.85. The van der Waals surface area contributed by atoms with Crippen LogP contribution in [-0.4, -0.2) is 43.8 Å². The van der Waals surface area contributed by atoms with Gasteiger partial charge in [0.05, 0.1) is 11.4 Å². The summed E-state index contributed by atoms with van der Waals surface area (Å²) in [5.74, 6) is 0.307. The van der Waals surface area contributed by atoms with Gasteiger partial charge in [-0.25, -0.2) is 0 Å². The van der Waals surface area contributed by atoms with Crippen LogP contribution in [0.15, 0.2) is 15.6 Å². The van der Waals surface area contributed by atoms with Gasteiger partial charge in [-0.3, -0.25) is 14.3 Å². The highest BCUT2D eigenvalue weighted by Crippen LogP contribution is 2.29. The molecule has 0 radical (unpaired) electrons. The quantitative estimate of drug-likeness (QED) is 0.755. The Bertz CT molecular complexity index is 1080. The molecule has 0 saturated carbocycles. The summed E-state index contributed by atoms with van der Waals surface area (Å²) in [7, 11) is 1.81. The highest BCUT2D eigenvalue weighted by Gasteiger charge is 2.34. The average molecular weight is 369 g/mol. The van der Waals surface area contributed by atoms with Crippen LogP contribution < -0.4 is 5.56 Å². The molecule has 1 N–H and O–H groups in total. The number of amides is 1. The fraction of sp³-hybridized carbons (Fsp3) is 0.474. The summed E-state index contributed by atoms with van der Waals surface area (Å²) < 4.78 is 6.66. The predicted molar refractivity (Wildman–Crippen MR) is 99.7 cm³/mol. The summed E-state index contributed by atoms with van der Waals surface area (Å²) in [5.41, 5.74) is 4.98. The van der Waals surface area contributed by atoms with Crippen molar-refractivity contribution < 1.29 is 9.32 Å². The number of H-pyrrole nitrogens is 1. The van der Waals surface area contributed by atoms with Crippen LogP contribution in [0.5, 0.6) is 0 Å². The van der Waals surface area contributed by atoms with Crippen LogP contribution in [0.3, 0.4) is 0 Å². The van der Waals surface area contributed by atoms with Crippen LogP contribution in [0, 0.1) is 20.8 Å². The van der Waals surface area contributed by atoms with Crippen LogP contribution in [-0.2, 0) is 18.3 Å². The summed E-state index contributed by atoms with van der Waals surface area (Å²) in [5, 5.41) is 9.36. The number of hydrogen-bond donors (Lipinski definition) is 1. The van der Waals surface area contributed by atoms with Crippen LogP contribution in [0.1, 0.15) is 40.4 Å². The molecule has 0 aromatic carbocycles. The second-order valence-corrected chi connectivity index (χ2v) is 7.37. The van der Waals surface area contributed by atoms with Crippen molar-refractivity contribution in [2.24, 2.45) is 7.05 Å². The van der Waals surface area contributed by atoms with Crippen LogP contribution in [0.4, 0.5) is 0 Å². The number of nitrogens with one attached hydrogen (secondary N) is 1. The maximum Gasteiger partial charge on any atom is 0.253 e. The van der Waals surface area contributed by atoms with Crippen molar-refractivity contribution in [2.45, 2.75) is 39.5 Å². The van der Waals surface area contributed by atoms with Gasteiger partial charge in [-0.2, -0.15) is 5.10 Å². The summed E-state index contributed by atoms with van der Waals surface area (Å²) in [4.78, 5) is 29.7. The SMILES string of the molecule is Cc1conc1C1CN(C(=O)CCc2c(C)c3c(C)nn(C)c3[nH]c2=O)C1.